The van der Waals surface area contributed by atoms with Crippen LogP contribution in [0, 0.1) is 0 Å². The van der Waals surface area contributed by atoms with Gasteiger partial charge in [0.1, 0.15) is 5.82 Å². The van der Waals surface area contributed by atoms with E-state index in [1.54, 1.807) is 0 Å². The maximum atomic E-state index is 4.56. The Morgan fingerprint density at radius 2 is 2.17 bits per heavy atom. The average Bonchev–Trinajstić information content (AvgIpc) is 2.70. The van der Waals surface area contributed by atoms with E-state index in [0.717, 1.165) is 37.6 Å². The van der Waals surface area contributed by atoms with Gasteiger partial charge in [-0.3, -0.25) is 4.98 Å². The van der Waals surface area contributed by atoms with Crippen LogP contribution in [0.4, 0.5) is 5.82 Å². The predicted octanol–water partition coefficient (Wildman–Crippen LogP) is 2.36. The molecule has 1 aliphatic rings. The van der Waals surface area contributed by atoms with Crippen LogP contribution < -0.4 is 10.2 Å². The molecule has 0 amide bonds. The van der Waals surface area contributed by atoms with E-state index in [1.807, 2.05) is 12.4 Å². The van der Waals surface area contributed by atoms with Crippen molar-refractivity contribution in [3.8, 4) is 0 Å². The van der Waals surface area contributed by atoms with E-state index >= 15 is 0 Å². The molecule has 0 aliphatic carbocycles. The lowest BCUT2D eigenvalue weighted by Crippen LogP contribution is -2.38. The summed E-state index contributed by atoms with van der Waals surface area (Å²) in [6, 6.07) is 0. The van der Waals surface area contributed by atoms with Crippen LogP contribution in [-0.2, 0) is 6.54 Å². The maximum Gasteiger partial charge on any atom is 0.147 e. The summed E-state index contributed by atoms with van der Waals surface area (Å²) < 4.78 is 0. The normalized spacial score (nSPS) is 18.3. The van der Waals surface area contributed by atoms with Gasteiger partial charge in [0.15, 0.2) is 0 Å². The number of hydrogen-bond acceptors (Lipinski definition) is 4. The van der Waals surface area contributed by atoms with Gasteiger partial charge in [0.25, 0.3) is 0 Å². The van der Waals surface area contributed by atoms with Gasteiger partial charge >= 0.3 is 0 Å². The molecule has 2 heterocycles. The highest BCUT2D eigenvalue weighted by atomic mass is 15.3. The topological polar surface area (TPSA) is 41.1 Å². The Morgan fingerprint density at radius 1 is 1.33 bits per heavy atom. The number of anilines is 1. The summed E-state index contributed by atoms with van der Waals surface area (Å²) in [5.41, 5.74) is 1.24. The van der Waals surface area contributed by atoms with Crippen LogP contribution in [0.2, 0.25) is 0 Å². The van der Waals surface area contributed by atoms with Gasteiger partial charge in [-0.25, -0.2) is 4.98 Å². The third-order valence-corrected chi connectivity index (χ3v) is 3.60. The van der Waals surface area contributed by atoms with Crippen LogP contribution in [0.15, 0.2) is 12.4 Å². The molecule has 0 saturated carbocycles. The maximum absolute atomic E-state index is 4.56. The second kappa shape index (κ2) is 5.65. The average molecular weight is 248 g/mol. The highest BCUT2D eigenvalue weighted by molar-refractivity contribution is 5.41. The summed E-state index contributed by atoms with van der Waals surface area (Å²) in [6.45, 7) is 9.65. The van der Waals surface area contributed by atoms with Crippen molar-refractivity contribution in [2.45, 2.75) is 52.1 Å². The lowest BCUT2D eigenvalue weighted by atomic mass is 10.0. The van der Waals surface area contributed by atoms with Crippen molar-refractivity contribution >= 4 is 5.82 Å². The zero-order valence-electron chi connectivity index (χ0n) is 11.7. The molecule has 4 heteroatoms. The lowest BCUT2D eigenvalue weighted by Gasteiger charge is -2.32. The predicted molar refractivity (Wildman–Crippen MR) is 74.7 cm³/mol. The van der Waals surface area contributed by atoms with E-state index in [-0.39, 0.29) is 5.54 Å². The van der Waals surface area contributed by atoms with Gasteiger partial charge in [0.2, 0.25) is 0 Å². The van der Waals surface area contributed by atoms with Gasteiger partial charge in [0.05, 0.1) is 18.1 Å². The Bertz CT molecular complexity index is 372. The molecule has 1 saturated heterocycles. The summed E-state index contributed by atoms with van der Waals surface area (Å²) >= 11 is 0. The standard InChI is InChI=1S/C14H24N4/c1-4-7-15-9-12-10-17-13(11-16-12)18-8-5-6-14(18,2)3/h10-11,15H,4-9H2,1-3H3. The first-order valence-electron chi connectivity index (χ1n) is 6.93. The quantitative estimate of drug-likeness (QED) is 0.812. The Balaban J connectivity index is 1.99. The number of aromatic nitrogens is 2. The third kappa shape index (κ3) is 2.99. The highest BCUT2D eigenvalue weighted by Crippen LogP contribution is 2.31. The molecule has 1 fully saturated rings. The van der Waals surface area contributed by atoms with Crippen molar-refractivity contribution in [3.05, 3.63) is 18.1 Å². The van der Waals surface area contributed by atoms with Crippen LogP contribution in [-0.4, -0.2) is 28.6 Å². The molecule has 1 aromatic heterocycles. The van der Waals surface area contributed by atoms with Gasteiger partial charge < -0.3 is 10.2 Å². The number of nitrogens with one attached hydrogen (secondary N) is 1. The summed E-state index contributed by atoms with van der Waals surface area (Å²) in [5, 5.41) is 3.34. The molecule has 0 spiro atoms. The van der Waals surface area contributed by atoms with Gasteiger partial charge in [-0.2, -0.15) is 0 Å². The number of hydrogen-bond donors (Lipinski definition) is 1. The minimum absolute atomic E-state index is 0.219. The van der Waals surface area contributed by atoms with Crippen LogP contribution in [0.1, 0.15) is 45.7 Å². The molecule has 0 radical (unpaired) electrons. The fourth-order valence-corrected chi connectivity index (χ4v) is 2.50. The summed E-state index contributed by atoms with van der Waals surface area (Å²) in [6.07, 6.45) is 7.43. The van der Waals surface area contributed by atoms with Crippen molar-refractivity contribution in [2.75, 3.05) is 18.0 Å². The Hall–Kier alpha value is -1.16. The summed E-state index contributed by atoms with van der Waals surface area (Å²) in [4.78, 5) is 11.4. The molecular weight excluding hydrogens is 224 g/mol. The van der Waals surface area contributed by atoms with Crippen molar-refractivity contribution in [3.63, 3.8) is 0 Å². The lowest BCUT2D eigenvalue weighted by molar-refractivity contribution is 0.513. The van der Waals surface area contributed by atoms with Gasteiger partial charge in [-0.05, 0) is 39.7 Å². The van der Waals surface area contributed by atoms with E-state index < -0.39 is 0 Å². The van der Waals surface area contributed by atoms with Crippen molar-refractivity contribution < 1.29 is 0 Å². The van der Waals surface area contributed by atoms with Gasteiger partial charge in [0, 0.05) is 18.6 Å². The minimum Gasteiger partial charge on any atom is -0.350 e. The molecule has 2 rings (SSSR count). The largest absolute Gasteiger partial charge is 0.350 e. The zero-order chi connectivity index (χ0) is 13.0. The first kappa shape index (κ1) is 13.3. The van der Waals surface area contributed by atoms with Gasteiger partial charge in [-0.15, -0.1) is 0 Å². The van der Waals surface area contributed by atoms with Crippen molar-refractivity contribution in [2.24, 2.45) is 0 Å². The fraction of sp³-hybridized carbons (Fsp3) is 0.714. The molecule has 0 unspecified atom stereocenters. The second-order valence-corrected chi connectivity index (χ2v) is 5.61. The van der Waals surface area contributed by atoms with Crippen molar-refractivity contribution in [1.29, 1.82) is 0 Å². The monoisotopic (exact) mass is 248 g/mol. The molecular formula is C14H24N4. The molecule has 0 atom stereocenters. The third-order valence-electron chi connectivity index (χ3n) is 3.60. The molecule has 0 bridgehead atoms. The molecule has 18 heavy (non-hydrogen) atoms. The van der Waals surface area contributed by atoms with Gasteiger partial charge in [-0.1, -0.05) is 6.92 Å². The van der Waals surface area contributed by atoms with Crippen LogP contribution in [0.5, 0.6) is 0 Å². The second-order valence-electron chi connectivity index (χ2n) is 5.61. The summed E-state index contributed by atoms with van der Waals surface area (Å²) in [5.74, 6) is 1.01. The highest BCUT2D eigenvalue weighted by Gasteiger charge is 2.32. The van der Waals surface area contributed by atoms with Crippen LogP contribution in [0.3, 0.4) is 0 Å². The first-order valence-corrected chi connectivity index (χ1v) is 6.93. The Kier molecular flexibility index (Phi) is 4.17. The Morgan fingerprint density at radius 3 is 2.72 bits per heavy atom. The SMILES string of the molecule is CCCNCc1cnc(N2CCCC2(C)C)cn1. The zero-order valence-corrected chi connectivity index (χ0v) is 11.7. The fourth-order valence-electron chi connectivity index (χ4n) is 2.50. The van der Waals surface area contributed by atoms with E-state index in [4.69, 9.17) is 0 Å². The molecule has 4 nitrogen and oxygen atoms in total. The van der Waals surface area contributed by atoms with E-state index in [1.165, 1.54) is 12.8 Å². The van der Waals surface area contributed by atoms with E-state index in [0.29, 0.717) is 0 Å². The van der Waals surface area contributed by atoms with E-state index in [9.17, 15) is 0 Å². The smallest absolute Gasteiger partial charge is 0.147 e. The summed E-state index contributed by atoms with van der Waals surface area (Å²) in [7, 11) is 0. The van der Waals surface area contributed by atoms with E-state index in [2.05, 4.69) is 41.0 Å². The number of nitrogens with zero attached hydrogens (tertiary/aromatic N) is 3. The minimum atomic E-state index is 0.219. The first-order chi connectivity index (χ1) is 8.63. The Labute approximate surface area is 110 Å². The van der Waals surface area contributed by atoms with Crippen LogP contribution in [0.25, 0.3) is 0 Å². The molecule has 1 aromatic rings. The molecule has 100 valence electrons. The molecule has 1 aliphatic heterocycles. The molecule has 0 aromatic carbocycles. The molecule has 1 N–H and O–H groups in total. The van der Waals surface area contributed by atoms with Crippen LogP contribution >= 0.6 is 0 Å². The number of rotatable bonds is 5. The van der Waals surface area contributed by atoms with Crippen molar-refractivity contribution in [1.82, 2.24) is 15.3 Å².